The molecule has 0 aliphatic rings. The Morgan fingerprint density at radius 3 is 2.67 bits per heavy atom. The third-order valence-electron chi connectivity index (χ3n) is 5.20. The standard InChI is InChI=1S/C24H26N6O2S/c1-29(2)12-13-30(15-17-6-4-5-7-20(17)32-3)23(31)22-27-19-9-8-16(14-21(19)33-22)18-10-11-26-24(25)28-18/h4-11,14H,12-13,15H2,1-3H3,(H2,25,26,28). The van der Waals surface area contributed by atoms with Crippen molar-refractivity contribution in [2.45, 2.75) is 6.54 Å². The SMILES string of the molecule is COc1ccccc1CN(CCN(C)C)C(=O)c1nc2ccc(-c3ccnc(N)n3)cc2s1. The molecule has 0 radical (unpaired) electrons. The number of benzene rings is 2. The summed E-state index contributed by atoms with van der Waals surface area (Å²) >= 11 is 1.38. The predicted octanol–water partition coefficient (Wildman–Crippen LogP) is 3.55. The summed E-state index contributed by atoms with van der Waals surface area (Å²) in [5.41, 5.74) is 9.09. The Balaban J connectivity index is 1.64. The van der Waals surface area contributed by atoms with Gasteiger partial charge in [0.05, 0.1) is 23.0 Å². The lowest BCUT2D eigenvalue weighted by molar-refractivity contribution is 0.0730. The first kappa shape index (κ1) is 22.6. The van der Waals surface area contributed by atoms with E-state index < -0.39 is 0 Å². The molecule has 0 fully saturated rings. The van der Waals surface area contributed by atoms with E-state index in [0.717, 1.165) is 39.3 Å². The summed E-state index contributed by atoms with van der Waals surface area (Å²) in [6.45, 7) is 1.76. The molecule has 0 saturated heterocycles. The summed E-state index contributed by atoms with van der Waals surface area (Å²) in [5, 5.41) is 0.456. The number of amides is 1. The van der Waals surface area contributed by atoms with Crippen LogP contribution in [0.2, 0.25) is 0 Å². The zero-order valence-electron chi connectivity index (χ0n) is 18.9. The number of likely N-dealkylation sites (N-methyl/N-ethyl adjacent to an activating group) is 1. The van der Waals surface area contributed by atoms with Gasteiger partial charge in [0.15, 0.2) is 5.01 Å². The van der Waals surface area contributed by atoms with Crippen molar-refractivity contribution in [3.05, 3.63) is 65.3 Å². The molecule has 0 atom stereocenters. The number of anilines is 1. The number of ether oxygens (including phenoxy) is 1. The van der Waals surface area contributed by atoms with Crippen molar-refractivity contribution in [3.8, 4) is 17.0 Å². The Bertz CT molecular complexity index is 1270. The molecule has 0 unspecified atom stereocenters. The van der Waals surface area contributed by atoms with Gasteiger partial charge in [0.2, 0.25) is 5.95 Å². The van der Waals surface area contributed by atoms with Crippen LogP contribution in [0, 0.1) is 0 Å². The summed E-state index contributed by atoms with van der Waals surface area (Å²) in [6.07, 6.45) is 1.63. The van der Waals surface area contributed by atoms with Crippen LogP contribution in [0.3, 0.4) is 0 Å². The van der Waals surface area contributed by atoms with Crippen LogP contribution in [0.25, 0.3) is 21.5 Å². The lowest BCUT2D eigenvalue weighted by Crippen LogP contribution is -2.36. The Labute approximate surface area is 196 Å². The third-order valence-corrected chi connectivity index (χ3v) is 6.21. The number of nitrogens with zero attached hydrogens (tertiary/aromatic N) is 5. The van der Waals surface area contributed by atoms with Crippen LogP contribution < -0.4 is 10.5 Å². The zero-order chi connectivity index (χ0) is 23.4. The minimum atomic E-state index is -0.100. The molecule has 4 aromatic rings. The zero-order valence-corrected chi connectivity index (χ0v) is 19.7. The molecular weight excluding hydrogens is 436 g/mol. The summed E-state index contributed by atoms with van der Waals surface area (Å²) in [7, 11) is 5.62. The van der Waals surface area contributed by atoms with Crippen molar-refractivity contribution < 1.29 is 9.53 Å². The van der Waals surface area contributed by atoms with Gasteiger partial charge in [-0.25, -0.2) is 15.0 Å². The van der Waals surface area contributed by atoms with Crippen molar-refractivity contribution >= 4 is 33.4 Å². The van der Waals surface area contributed by atoms with Crippen LogP contribution >= 0.6 is 11.3 Å². The number of para-hydroxylation sites is 1. The molecule has 1 amide bonds. The van der Waals surface area contributed by atoms with Gasteiger partial charge in [0.25, 0.3) is 5.91 Å². The molecule has 2 aromatic heterocycles. The van der Waals surface area contributed by atoms with Crippen molar-refractivity contribution in [2.75, 3.05) is 40.0 Å². The topological polar surface area (TPSA) is 97.5 Å². The number of carbonyl (C=O) groups excluding carboxylic acids is 1. The summed E-state index contributed by atoms with van der Waals surface area (Å²) < 4.78 is 6.40. The molecule has 170 valence electrons. The fourth-order valence-electron chi connectivity index (χ4n) is 3.46. The molecular formula is C24H26N6O2S. The normalized spacial score (nSPS) is 11.2. The van der Waals surface area contributed by atoms with Gasteiger partial charge < -0.3 is 20.3 Å². The van der Waals surface area contributed by atoms with Crippen LogP contribution in [-0.4, -0.2) is 65.0 Å². The summed E-state index contributed by atoms with van der Waals surface area (Å²) in [5.74, 6) is 0.885. The highest BCUT2D eigenvalue weighted by atomic mass is 32.1. The van der Waals surface area contributed by atoms with Crippen molar-refractivity contribution in [2.24, 2.45) is 0 Å². The third kappa shape index (κ3) is 5.27. The van der Waals surface area contributed by atoms with E-state index in [9.17, 15) is 4.79 Å². The number of methoxy groups -OCH3 is 1. The number of carbonyl (C=O) groups is 1. The molecule has 4 rings (SSSR count). The van der Waals surface area contributed by atoms with Crippen molar-refractivity contribution in [1.29, 1.82) is 0 Å². The van der Waals surface area contributed by atoms with Gasteiger partial charge >= 0.3 is 0 Å². The van der Waals surface area contributed by atoms with Gasteiger partial charge in [-0.1, -0.05) is 24.3 Å². The van der Waals surface area contributed by atoms with Gasteiger partial charge in [-0.15, -0.1) is 11.3 Å². The molecule has 9 heteroatoms. The average molecular weight is 463 g/mol. The van der Waals surface area contributed by atoms with Gasteiger partial charge in [0, 0.05) is 37.0 Å². The number of fused-ring (bicyclic) bond motifs is 1. The van der Waals surface area contributed by atoms with Crippen LogP contribution in [0.5, 0.6) is 5.75 Å². The largest absolute Gasteiger partial charge is 0.496 e. The highest BCUT2D eigenvalue weighted by Crippen LogP contribution is 2.29. The van der Waals surface area contributed by atoms with Gasteiger partial charge in [-0.05, 0) is 38.4 Å². The number of nitrogen functional groups attached to an aromatic ring is 1. The lowest BCUT2D eigenvalue weighted by Gasteiger charge is -2.24. The van der Waals surface area contributed by atoms with Crippen LogP contribution in [-0.2, 0) is 6.54 Å². The molecule has 0 aliphatic heterocycles. The van der Waals surface area contributed by atoms with E-state index in [0.29, 0.717) is 18.1 Å². The Morgan fingerprint density at radius 2 is 1.91 bits per heavy atom. The molecule has 0 spiro atoms. The number of hydrogen-bond acceptors (Lipinski definition) is 8. The Morgan fingerprint density at radius 1 is 1.09 bits per heavy atom. The van der Waals surface area contributed by atoms with Crippen LogP contribution in [0.4, 0.5) is 5.95 Å². The van der Waals surface area contributed by atoms with E-state index in [2.05, 4.69) is 19.9 Å². The van der Waals surface area contributed by atoms with E-state index >= 15 is 0 Å². The molecule has 8 nitrogen and oxygen atoms in total. The second kappa shape index (κ2) is 9.93. The number of thiazole rings is 1. The molecule has 2 aromatic carbocycles. The second-order valence-corrected chi connectivity index (χ2v) is 8.87. The minimum absolute atomic E-state index is 0.100. The predicted molar refractivity (Wildman–Crippen MR) is 131 cm³/mol. The van der Waals surface area contributed by atoms with Crippen LogP contribution in [0.15, 0.2) is 54.7 Å². The smallest absolute Gasteiger partial charge is 0.283 e. The Kier molecular flexibility index (Phi) is 6.81. The quantitative estimate of drug-likeness (QED) is 0.428. The van der Waals surface area contributed by atoms with Crippen molar-refractivity contribution in [1.82, 2.24) is 24.8 Å². The van der Waals surface area contributed by atoms with Gasteiger partial charge in [-0.2, -0.15) is 0 Å². The Hall–Kier alpha value is -3.56. The maximum Gasteiger partial charge on any atom is 0.283 e. The molecule has 0 bridgehead atoms. The van der Waals surface area contributed by atoms with Crippen LogP contribution in [0.1, 0.15) is 15.4 Å². The minimum Gasteiger partial charge on any atom is -0.496 e. The number of rotatable bonds is 8. The summed E-state index contributed by atoms with van der Waals surface area (Å²) in [6, 6.07) is 15.4. The first-order valence-corrected chi connectivity index (χ1v) is 11.3. The van der Waals surface area contributed by atoms with E-state index in [1.165, 1.54) is 11.3 Å². The monoisotopic (exact) mass is 462 g/mol. The fourth-order valence-corrected chi connectivity index (χ4v) is 4.43. The fraction of sp³-hybridized carbons (Fsp3) is 0.250. The molecule has 33 heavy (non-hydrogen) atoms. The number of hydrogen-bond donors (Lipinski definition) is 1. The molecule has 0 aliphatic carbocycles. The number of nitrogens with two attached hydrogens (primary N) is 1. The first-order valence-electron chi connectivity index (χ1n) is 10.5. The van der Waals surface area contributed by atoms with E-state index in [-0.39, 0.29) is 11.9 Å². The highest BCUT2D eigenvalue weighted by molar-refractivity contribution is 7.20. The van der Waals surface area contributed by atoms with Gasteiger partial charge in [0.1, 0.15) is 5.75 Å². The second-order valence-electron chi connectivity index (χ2n) is 7.84. The van der Waals surface area contributed by atoms with Crippen molar-refractivity contribution in [3.63, 3.8) is 0 Å². The highest BCUT2D eigenvalue weighted by Gasteiger charge is 2.22. The lowest BCUT2D eigenvalue weighted by atomic mass is 10.1. The molecule has 2 heterocycles. The van der Waals surface area contributed by atoms with E-state index in [4.69, 9.17) is 10.5 Å². The van der Waals surface area contributed by atoms with E-state index in [1.807, 2.05) is 61.5 Å². The first-order chi connectivity index (χ1) is 15.9. The summed E-state index contributed by atoms with van der Waals surface area (Å²) in [4.78, 5) is 30.2. The average Bonchev–Trinajstić information content (AvgIpc) is 3.25. The maximum atomic E-state index is 13.5. The number of aromatic nitrogens is 3. The molecule has 2 N–H and O–H groups in total. The van der Waals surface area contributed by atoms with Gasteiger partial charge in [-0.3, -0.25) is 4.79 Å². The van der Waals surface area contributed by atoms with E-state index in [1.54, 1.807) is 19.4 Å². The maximum absolute atomic E-state index is 13.5. The molecule has 0 saturated carbocycles.